The largest absolute Gasteiger partial charge is 0.481 e. The van der Waals surface area contributed by atoms with E-state index in [0.717, 1.165) is 38.0 Å². The maximum Gasteiger partial charge on any atom is 0.300 e. The minimum absolute atomic E-state index is 0.789. The van der Waals surface area contributed by atoms with E-state index in [1.54, 1.807) is 0 Å². The summed E-state index contributed by atoms with van der Waals surface area (Å²) in [6.07, 6.45) is 6.64. The number of hydrogen-bond donors (Lipinski definition) is 3. The van der Waals surface area contributed by atoms with Crippen molar-refractivity contribution in [1.29, 1.82) is 0 Å². The number of carboxylic acids is 1. The summed E-state index contributed by atoms with van der Waals surface area (Å²) < 4.78 is 0. The van der Waals surface area contributed by atoms with Gasteiger partial charge in [-0.25, -0.2) is 0 Å². The zero-order chi connectivity index (χ0) is 29.9. The minimum Gasteiger partial charge on any atom is -0.481 e. The molecule has 4 rings (SSSR count). The van der Waals surface area contributed by atoms with Crippen molar-refractivity contribution in [2.75, 3.05) is 30.3 Å². The summed E-state index contributed by atoms with van der Waals surface area (Å²) in [6, 6.07) is 22.2. The summed E-state index contributed by atoms with van der Waals surface area (Å²) in [5, 5.41) is 14.4. The number of nitrogens with one attached hydrogen (secondary N) is 2. The molecule has 0 heterocycles. The summed E-state index contributed by atoms with van der Waals surface area (Å²) in [5.74, 6) is -0.833. The summed E-state index contributed by atoms with van der Waals surface area (Å²) >= 11 is 0. The molecule has 1 aliphatic carbocycles. The summed E-state index contributed by atoms with van der Waals surface area (Å²) in [7, 11) is 0. The zero-order valence-electron chi connectivity index (χ0n) is 25.4. The fourth-order valence-electron chi connectivity index (χ4n) is 5.03. The predicted octanol–water partition coefficient (Wildman–Crippen LogP) is 8.70. The highest BCUT2D eigenvalue weighted by Gasteiger charge is 2.16. The molecule has 0 unspecified atom stereocenters. The van der Waals surface area contributed by atoms with Crippen LogP contribution in [0.5, 0.6) is 0 Å². The van der Waals surface area contributed by atoms with E-state index >= 15 is 0 Å². The molecule has 5 heteroatoms. The molecule has 0 atom stereocenters. The second-order valence-corrected chi connectivity index (χ2v) is 10.0. The van der Waals surface area contributed by atoms with Crippen LogP contribution < -0.4 is 10.6 Å². The van der Waals surface area contributed by atoms with Gasteiger partial charge in [-0.1, -0.05) is 54.6 Å². The van der Waals surface area contributed by atoms with Crippen LogP contribution in [0.25, 0.3) is 16.7 Å². The van der Waals surface area contributed by atoms with Crippen molar-refractivity contribution in [2.24, 2.45) is 4.99 Å². The van der Waals surface area contributed by atoms with Crippen molar-refractivity contribution < 1.29 is 9.90 Å². The lowest BCUT2D eigenvalue weighted by Crippen LogP contribution is -2.05. The third-order valence-electron chi connectivity index (χ3n) is 6.80. The molecule has 0 bridgehead atoms. The van der Waals surface area contributed by atoms with Crippen molar-refractivity contribution in [1.82, 2.24) is 0 Å². The molecule has 0 radical (unpaired) electrons. The fraction of sp³-hybridized carbons (Fsp3) is 0.278. The van der Waals surface area contributed by atoms with Crippen molar-refractivity contribution >= 4 is 28.6 Å². The van der Waals surface area contributed by atoms with Crippen LogP contribution in [0, 0.1) is 13.8 Å². The highest BCUT2D eigenvalue weighted by atomic mass is 16.4. The first-order valence-corrected chi connectivity index (χ1v) is 14.3. The Morgan fingerprint density at radius 1 is 0.854 bits per heavy atom. The van der Waals surface area contributed by atoms with E-state index in [9.17, 15) is 0 Å². The third-order valence-corrected chi connectivity index (χ3v) is 6.80. The van der Waals surface area contributed by atoms with Crippen LogP contribution in [0.15, 0.2) is 95.0 Å². The number of para-hydroxylation sites is 1. The summed E-state index contributed by atoms with van der Waals surface area (Å²) in [4.78, 5) is 13.7. The maximum absolute atomic E-state index is 9.00. The van der Waals surface area contributed by atoms with Crippen molar-refractivity contribution in [2.45, 2.75) is 48.5 Å². The first kappa shape index (κ1) is 31.2. The average Bonchev–Trinajstić information content (AvgIpc) is 2.93. The van der Waals surface area contributed by atoms with E-state index in [-0.39, 0.29) is 0 Å². The van der Waals surface area contributed by atoms with Crippen LogP contribution in [0.2, 0.25) is 0 Å². The number of aliphatic imine (C=N–C) groups is 1. The van der Waals surface area contributed by atoms with E-state index in [4.69, 9.17) is 9.90 Å². The van der Waals surface area contributed by atoms with Crippen LogP contribution in [0.1, 0.15) is 56.9 Å². The summed E-state index contributed by atoms with van der Waals surface area (Å²) in [6.45, 7) is 16.6. The van der Waals surface area contributed by atoms with Gasteiger partial charge in [-0.15, -0.1) is 0 Å². The number of carboxylic acid groups (broad SMARTS) is 1. The van der Waals surface area contributed by atoms with Gasteiger partial charge in [-0.3, -0.25) is 9.79 Å². The smallest absolute Gasteiger partial charge is 0.300 e. The Balaban J connectivity index is 0.00000108. The van der Waals surface area contributed by atoms with Crippen LogP contribution in [-0.2, 0) is 4.79 Å². The molecule has 0 aliphatic heterocycles. The number of aryl methyl sites for hydroxylation is 2. The molecule has 3 aromatic carbocycles. The highest BCUT2D eigenvalue weighted by Crippen LogP contribution is 2.36. The van der Waals surface area contributed by atoms with Crippen LogP contribution >= 0.6 is 0 Å². The van der Waals surface area contributed by atoms with E-state index < -0.39 is 5.97 Å². The van der Waals surface area contributed by atoms with Gasteiger partial charge < -0.3 is 15.7 Å². The normalized spacial score (nSPS) is 14.6. The molecule has 5 nitrogen and oxygen atoms in total. The molecule has 3 aromatic rings. The molecule has 214 valence electrons. The molecule has 0 saturated heterocycles. The molecular weight excluding hydrogens is 506 g/mol. The standard InChI is InChI=1S/C34H39N3.C2H4O2/c1-7-35-29-18-19-30(24(5)22-29)33(28-17-20-32(36-8-2)25(6)21-28)27-15-13-26(14-16-27)31-12-10-11-23(4)34(31)37-9-3;1-2(3)4/h10-22,35,37H,7-9H2,1-6H3;1H3,(H,3,4)/b33-28-,36-32?;. The van der Waals surface area contributed by atoms with E-state index in [1.165, 1.54) is 55.8 Å². The number of anilines is 2. The fourth-order valence-corrected chi connectivity index (χ4v) is 5.03. The van der Waals surface area contributed by atoms with Crippen molar-refractivity contribution in [3.63, 3.8) is 0 Å². The van der Waals surface area contributed by atoms with Gasteiger partial charge in [0.25, 0.3) is 5.97 Å². The minimum atomic E-state index is -0.833. The number of hydrogen-bond acceptors (Lipinski definition) is 4. The molecule has 3 N–H and O–H groups in total. The molecular formula is C36H43N3O2. The van der Waals surface area contributed by atoms with Gasteiger partial charge >= 0.3 is 0 Å². The monoisotopic (exact) mass is 549 g/mol. The van der Waals surface area contributed by atoms with Gasteiger partial charge in [0.05, 0.1) is 5.71 Å². The van der Waals surface area contributed by atoms with Crippen LogP contribution in [0.3, 0.4) is 0 Å². The molecule has 0 saturated carbocycles. The quantitative estimate of drug-likeness (QED) is 0.263. The van der Waals surface area contributed by atoms with Gasteiger partial charge in [-0.05, 0) is 110 Å². The van der Waals surface area contributed by atoms with Gasteiger partial charge in [0.15, 0.2) is 0 Å². The molecule has 0 spiro atoms. The number of carbonyl (C=O) groups is 1. The van der Waals surface area contributed by atoms with Gasteiger partial charge in [0, 0.05) is 43.5 Å². The van der Waals surface area contributed by atoms with Gasteiger partial charge in [-0.2, -0.15) is 0 Å². The number of aliphatic carboxylic acids is 1. The van der Waals surface area contributed by atoms with Crippen LogP contribution in [-0.4, -0.2) is 36.4 Å². The average molecular weight is 550 g/mol. The molecule has 0 fully saturated rings. The number of allylic oxidation sites excluding steroid dienone is 5. The molecule has 41 heavy (non-hydrogen) atoms. The molecule has 0 amide bonds. The second-order valence-electron chi connectivity index (χ2n) is 10.0. The Bertz CT molecular complexity index is 1490. The highest BCUT2D eigenvalue weighted by molar-refractivity contribution is 6.11. The Hall–Kier alpha value is -4.38. The van der Waals surface area contributed by atoms with Crippen molar-refractivity contribution in [3.8, 4) is 11.1 Å². The first-order valence-electron chi connectivity index (χ1n) is 14.3. The lowest BCUT2D eigenvalue weighted by atomic mass is 9.86. The second kappa shape index (κ2) is 14.8. The van der Waals surface area contributed by atoms with Crippen molar-refractivity contribution in [3.05, 3.63) is 112 Å². The van der Waals surface area contributed by atoms with E-state index in [1.807, 2.05) is 0 Å². The zero-order valence-corrected chi connectivity index (χ0v) is 25.4. The Morgan fingerprint density at radius 2 is 1.54 bits per heavy atom. The Kier molecular flexibility index (Phi) is 11.3. The lowest BCUT2D eigenvalue weighted by Gasteiger charge is -2.19. The molecule has 1 aliphatic rings. The predicted molar refractivity (Wildman–Crippen MR) is 176 cm³/mol. The SMILES string of the molecule is CC(=O)O.CCN=C1C=C/C(=C(\c2ccc(-c3cccc(C)c3NCC)cc2)c2ccc(NCC)cc2C)C=C1C. The van der Waals surface area contributed by atoms with E-state index in [0.29, 0.717) is 0 Å². The first-order chi connectivity index (χ1) is 19.7. The van der Waals surface area contributed by atoms with E-state index in [2.05, 4.69) is 136 Å². The lowest BCUT2D eigenvalue weighted by molar-refractivity contribution is -0.134. The summed E-state index contributed by atoms with van der Waals surface area (Å²) in [5.41, 5.74) is 14.5. The van der Waals surface area contributed by atoms with Gasteiger partial charge in [0.1, 0.15) is 0 Å². The Labute approximate surface area is 245 Å². The maximum atomic E-state index is 9.00. The number of nitrogens with zero attached hydrogens (tertiary/aromatic N) is 1. The number of rotatable bonds is 8. The Morgan fingerprint density at radius 3 is 2.12 bits per heavy atom. The number of benzene rings is 3. The van der Waals surface area contributed by atoms with Gasteiger partial charge in [0.2, 0.25) is 0 Å². The van der Waals surface area contributed by atoms with Crippen LogP contribution in [0.4, 0.5) is 11.4 Å². The molecule has 0 aromatic heterocycles. The third kappa shape index (κ3) is 8.07. The topological polar surface area (TPSA) is 73.7 Å².